The van der Waals surface area contributed by atoms with Crippen LogP contribution in [0.25, 0.3) is 0 Å². The van der Waals surface area contributed by atoms with E-state index in [9.17, 15) is 5.11 Å². The number of nitrogens with zero attached hydrogens (tertiary/aromatic N) is 1. The smallest absolute Gasteiger partial charge is 0.132 e. The number of hydrogen-bond donors (Lipinski definition) is 1. The van der Waals surface area contributed by atoms with Crippen molar-refractivity contribution in [3.05, 3.63) is 36.3 Å². The highest BCUT2D eigenvalue weighted by atomic mass is 16.5. The van der Waals surface area contributed by atoms with Gasteiger partial charge in [-0.25, -0.2) is 0 Å². The highest BCUT2D eigenvalue weighted by Gasteiger charge is 2.28. The summed E-state index contributed by atoms with van der Waals surface area (Å²) in [6, 6.07) is 3.94. The van der Waals surface area contributed by atoms with Gasteiger partial charge in [0.25, 0.3) is 0 Å². The lowest BCUT2D eigenvalue weighted by atomic mass is 9.93. The van der Waals surface area contributed by atoms with Gasteiger partial charge in [0.2, 0.25) is 0 Å². The minimum atomic E-state index is -0.541. The Morgan fingerprint density at radius 3 is 3.10 bits per heavy atom. The second-order valence-electron chi connectivity index (χ2n) is 6.14. The van der Waals surface area contributed by atoms with Crippen LogP contribution in [0, 0.1) is 5.92 Å². The van der Waals surface area contributed by atoms with Crippen LogP contribution in [-0.4, -0.2) is 42.4 Å². The molecule has 1 aromatic heterocycles. The van der Waals surface area contributed by atoms with E-state index in [1.54, 1.807) is 6.26 Å². The molecule has 0 amide bonds. The Morgan fingerprint density at radius 2 is 2.33 bits per heavy atom. The molecular formula is C17H25NO3. The minimum Gasteiger partial charge on any atom is -0.467 e. The third-order valence-corrected chi connectivity index (χ3v) is 4.59. The normalized spacial score (nSPS) is 28.6. The fraction of sp³-hybridized carbons (Fsp3) is 0.647. The van der Waals surface area contributed by atoms with Gasteiger partial charge in [-0.1, -0.05) is 12.2 Å². The first-order valence-electron chi connectivity index (χ1n) is 8.01. The van der Waals surface area contributed by atoms with Crippen molar-refractivity contribution in [2.24, 2.45) is 5.92 Å². The van der Waals surface area contributed by atoms with Crippen LogP contribution < -0.4 is 0 Å². The summed E-state index contributed by atoms with van der Waals surface area (Å²) in [6.07, 6.45) is 10.0. The highest BCUT2D eigenvalue weighted by Crippen LogP contribution is 2.26. The van der Waals surface area contributed by atoms with Gasteiger partial charge < -0.3 is 14.3 Å². The van der Waals surface area contributed by atoms with E-state index in [-0.39, 0.29) is 6.04 Å². The summed E-state index contributed by atoms with van der Waals surface area (Å²) in [5.41, 5.74) is 0. The molecule has 1 fully saturated rings. The molecule has 1 aliphatic heterocycles. The van der Waals surface area contributed by atoms with Crippen molar-refractivity contribution in [3.8, 4) is 0 Å². The molecular weight excluding hydrogens is 266 g/mol. The number of hydrogen-bond acceptors (Lipinski definition) is 4. The van der Waals surface area contributed by atoms with E-state index >= 15 is 0 Å². The Kier molecular flexibility index (Phi) is 5.12. The van der Waals surface area contributed by atoms with Crippen molar-refractivity contribution >= 4 is 0 Å². The van der Waals surface area contributed by atoms with Gasteiger partial charge in [0, 0.05) is 19.1 Å². The lowest BCUT2D eigenvalue weighted by molar-refractivity contribution is -0.0347. The molecule has 0 saturated carbocycles. The van der Waals surface area contributed by atoms with Crippen LogP contribution in [0.5, 0.6) is 0 Å². The number of rotatable bonds is 5. The van der Waals surface area contributed by atoms with E-state index < -0.39 is 6.10 Å². The van der Waals surface area contributed by atoms with Crippen LogP contribution in [0.4, 0.5) is 0 Å². The Labute approximate surface area is 126 Å². The van der Waals surface area contributed by atoms with Crippen LogP contribution in [0.15, 0.2) is 35.0 Å². The van der Waals surface area contributed by atoms with Crippen LogP contribution >= 0.6 is 0 Å². The lowest BCUT2D eigenvalue weighted by Gasteiger charge is -2.38. The summed E-state index contributed by atoms with van der Waals surface area (Å²) in [5, 5.41) is 10.3. The number of aliphatic hydroxyl groups is 1. The average molecular weight is 291 g/mol. The quantitative estimate of drug-likeness (QED) is 0.847. The van der Waals surface area contributed by atoms with Crippen molar-refractivity contribution in [2.45, 2.75) is 37.8 Å². The Morgan fingerprint density at radius 1 is 1.38 bits per heavy atom. The molecule has 2 heterocycles. The Hall–Kier alpha value is -1.10. The Bertz CT molecular complexity index is 443. The summed E-state index contributed by atoms with van der Waals surface area (Å²) in [4.78, 5) is 2.50. The van der Waals surface area contributed by atoms with Crippen LogP contribution in [0.3, 0.4) is 0 Å². The van der Waals surface area contributed by atoms with E-state index in [4.69, 9.17) is 9.15 Å². The van der Waals surface area contributed by atoms with Crippen molar-refractivity contribution in [3.63, 3.8) is 0 Å². The monoisotopic (exact) mass is 291 g/mol. The van der Waals surface area contributed by atoms with Gasteiger partial charge >= 0.3 is 0 Å². The molecule has 0 bridgehead atoms. The molecule has 3 atom stereocenters. The maximum absolute atomic E-state index is 10.3. The number of ether oxygens (including phenoxy) is 1. The predicted octanol–water partition coefficient (Wildman–Crippen LogP) is 2.76. The molecule has 21 heavy (non-hydrogen) atoms. The van der Waals surface area contributed by atoms with E-state index in [1.807, 2.05) is 12.1 Å². The molecule has 2 aliphatic rings. The van der Waals surface area contributed by atoms with Gasteiger partial charge in [-0.3, -0.25) is 4.90 Å². The molecule has 3 rings (SSSR count). The second kappa shape index (κ2) is 7.25. The maximum Gasteiger partial charge on any atom is 0.132 e. The number of morpholine rings is 1. The molecule has 0 spiro atoms. The molecule has 1 N–H and O–H groups in total. The van der Waals surface area contributed by atoms with Gasteiger partial charge in [-0.2, -0.15) is 0 Å². The predicted molar refractivity (Wildman–Crippen MR) is 80.9 cm³/mol. The highest BCUT2D eigenvalue weighted by molar-refractivity contribution is 5.02. The fourth-order valence-corrected chi connectivity index (χ4v) is 3.36. The summed E-state index contributed by atoms with van der Waals surface area (Å²) < 4.78 is 10.9. The van der Waals surface area contributed by atoms with Crippen LogP contribution in [0.1, 0.15) is 37.5 Å². The van der Waals surface area contributed by atoms with E-state index in [0.29, 0.717) is 18.8 Å². The molecule has 116 valence electrons. The zero-order valence-corrected chi connectivity index (χ0v) is 12.5. The maximum atomic E-state index is 10.3. The van der Waals surface area contributed by atoms with Gasteiger partial charge in [0.15, 0.2) is 0 Å². The Balaban J connectivity index is 1.57. The van der Waals surface area contributed by atoms with Crippen molar-refractivity contribution < 1.29 is 14.3 Å². The number of furan rings is 1. The van der Waals surface area contributed by atoms with Gasteiger partial charge in [0.1, 0.15) is 11.9 Å². The first kappa shape index (κ1) is 14.8. The fourth-order valence-electron chi connectivity index (χ4n) is 3.36. The topological polar surface area (TPSA) is 45.8 Å². The van der Waals surface area contributed by atoms with Gasteiger partial charge in [0.05, 0.1) is 19.5 Å². The summed E-state index contributed by atoms with van der Waals surface area (Å²) >= 11 is 0. The molecule has 1 aromatic rings. The largest absolute Gasteiger partial charge is 0.467 e. The molecule has 4 nitrogen and oxygen atoms in total. The molecule has 4 heteroatoms. The molecule has 1 saturated heterocycles. The first-order valence-corrected chi connectivity index (χ1v) is 8.01. The van der Waals surface area contributed by atoms with Crippen LogP contribution in [0.2, 0.25) is 0 Å². The summed E-state index contributed by atoms with van der Waals surface area (Å²) in [7, 11) is 0. The average Bonchev–Trinajstić information content (AvgIpc) is 3.05. The number of aliphatic hydroxyl groups excluding tert-OH is 1. The van der Waals surface area contributed by atoms with Crippen LogP contribution in [-0.2, 0) is 4.74 Å². The van der Waals surface area contributed by atoms with Crippen molar-refractivity contribution in [1.29, 1.82) is 0 Å². The third kappa shape index (κ3) is 3.96. The minimum absolute atomic E-state index is 0.282. The molecule has 1 aliphatic carbocycles. The molecule has 3 unspecified atom stereocenters. The molecule has 0 radical (unpaired) electrons. The van der Waals surface area contributed by atoms with E-state index in [2.05, 4.69) is 17.1 Å². The zero-order chi connectivity index (χ0) is 14.5. The van der Waals surface area contributed by atoms with E-state index in [1.165, 1.54) is 19.3 Å². The second-order valence-corrected chi connectivity index (χ2v) is 6.14. The number of allylic oxidation sites excluding steroid dienone is 2. The first-order chi connectivity index (χ1) is 10.3. The third-order valence-electron chi connectivity index (χ3n) is 4.59. The van der Waals surface area contributed by atoms with Crippen molar-refractivity contribution in [2.75, 3.05) is 26.3 Å². The standard InChI is InChI=1S/C17H25NO3/c19-16(17-7-4-9-21-17)11-15-13-20-10-8-18(15)12-14-5-2-1-3-6-14/h1-2,4,7,9,14-16,19H,3,5-6,8,10-13H2. The van der Waals surface area contributed by atoms with Gasteiger partial charge in [-0.05, 0) is 43.7 Å². The zero-order valence-electron chi connectivity index (χ0n) is 12.5. The van der Waals surface area contributed by atoms with Crippen molar-refractivity contribution in [1.82, 2.24) is 4.90 Å². The summed E-state index contributed by atoms with van der Waals surface area (Å²) in [5.74, 6) is 1.40. The summed E-state index contributed by atoms with van der Waals surface area (Å²) in [6.45, 7) is 3.59. The van der Waals surface area contributed by atoms with E-state index in [0.717, 1.165) is 25.6 Å². The lowest BCUT2D eigenvalue weighted by Crippen LogP contribution is -2.48. The SMILES string of the molecule is OC(CC1COCCN1CC1CC=CCC1)c1ccco1. The van der Waals surface area contributed by atoms with Gasteiger partial charge in [-0.15, -0.1) is 0 Å². The molecule has 0 aromatic carbocycles.